The molecular formula is C22H26N8O. The van der Waals surface area contributed by atoms with Crippen LogP contribution in [0, 0.1) is 13.8 Å². The van der Waals surface area contributed by atoms with Crippen LogP contribution in [0.25, 0.3) is 5.69 Å². The molecule has 0 fully saturated rings. The maximum atomic E-state index is 12.3. The zero-order valence-electron chi connectivity index (χ0n) is 17.6. The summed E-state index contributed by atoms with van der Waals surface area (Å²) in [6.45, 7) is 8.22. The van der Waals surface area contributed by atoms with Crippen LogP contribution in [0.15, 0.2) is 66.1 Å². The summed E-state index contributed by atoms with van der Waals surface area (Å²) in [5.74, 6) is 6.05. The number of nitrogens with zero attached hydrogens (tertiary/aromatic N) is 5. The van der Waals surface area contributed by atoms with Gasteiger partial charge in [-0.05, 0) is 54.8 Å². The maximum Gasteiger partial charge on any atom is 0.269 e. The SMILES string of the molecule is C=C(/N=C\N(N)Cc1ccc(-n2cccn2)cc1)C(=O)NCc1c(C)cc(N)nc1C. The van der Waals surface area contributed by atoms with E-state index in [2.05, 4.69) is 27.0 Å². The van der Waals surface area contributed by atoms with Gasteiger partial charge in [0.2, 0.25) is 0 Å². The highest BCUT2D eigenvalue weighted by atomic mass is 16.2. The fourth-order valence-corrected chi connectivity index (χ4v) is 3.06. The second-order valence-electron chi connectivity index (χ2n) is 7.09. The molecule has 0 spiro atoms. The number of carbonyl (C=O) groups excluding carboxylic acids is 1. The van der Waals surface area contributed by atoms with Crippen molar-refractivity contribution >= 4 is 18.1 Å². The van der Waals surface area contributed by atoms with E-state index in [1.165, 1.54) is 11.3 Å². The molecule has 0 radical (unpaired) electrons. The smallest absolute Gasteiger partial charge is 0.269 e. The normalized spacial score (nSPS) is 10.9. The molecule has 31 heavy (non-hydrogen) atoms. The number of aryl methyl sites for hydroxylation is 2. The number of nitrogens with two attached hydrogens (primary N) is 2. The van der Waals surface area contributed by atoms with E-state index >= 15 is 0 Å². The van der Waals surface area contributed by atoms with Crippen molar-refractivity contribution in [1.82, 2.24) is 25.1 Å². The van der Waals surface area contributed by atoms with Crippen LogP contribution < -0.4 is 16.9 Å². The minimum atomic E-state index is -0.385. The van der Waals surface area contributed by atoms with E-state index < -0.39 is 0 Å². The maximum absolute atomic E-state index is 12.3. The van der Waals surface area contributed by atoms with Gasteiger partial charge in [0.1, 0.15) is 17.9 Å². The minimum absolute atomic E-state index is 0.0585. The molecule has 1 amide bonds. The van der Waals surface area contributed by atoms with Gasteiger partial charge >= 0.3 is 0 Å². The van der Waals surface area contributed by atoms with Gasteiger partial charge in [0, 0.05) is 24.6 Å². The summed E-state index contributed by atoms with van der Waals surface area (Å²) in [5, 5.41) is 8.37. The predicted octanol–water partition coefficient (Wildman–Crippen LogP) is 2.00. The molecular weight excluding hydrogens is 392 g/mol. The standard InChI is InChI=1S/C22H26N8O/c1-15-11-21(23)28-16(2)20(15)12-25-22(31)17(3)26-14-29(24)13-18-5-7-19(8-6-18)30-10-4-9-27-30/h4-11,14H,3,12-13,24H2,1-2H3,(H2,23,28)(H,25,31)/b26-14-. The molecule has 3 rings (SSSR count). The number of hydrazine groups is 1. The van der Waals surface area contributed by atoms with Crippen molar-refractivity contribution in [2.24, 2.45) is 10.8 Å². The molecule has 5 N–H and O–H groups in total. The third kappa shape index (κ3) is 5.77. The number of anilines is 1. The Hall–Kier alpha value is -3.98. The summed E-state index contributed by atoms with van der Waals surface area (Å²) in [6, 6.07) is 11.5. The number of hydrogen-bond acceptors (Lipinski definition) is 6. The highest BCUT2D eigenvalue weighted by Crippen LogP contribution is 2.14. The van der Waals surface area contributed by atoms with Crippen LogP contribution in [-0.4, -0.2) is 32.0 Å². The van der Waals surface area contributed by atoms with Crippen LogP contribution >= 0.6 is 0 Å². The molecule has 0 atom stereocenters. The quantitative estimate of drug-likeness (QED) is 0.169. The number of amides is 1. The molecule has 9 heteroatoms. The molecule has 3 aromatic rings. The van der Waals surface area contributed by atoms with Gasteiger partial charge < -0.3 is 11.1 Å². The molecule has 2 heterocycles. The number of pyridine rings is 1. The lowest BCUT2D eigenvalue weighted by atomic mass is 10.1. The van der Waals surface area contributed by atoms with E-state index in [1.54, 1.807) is 16.9 Å². The molecule has 2 aromatic heterocycles. The van der Waals surface area contributed by atoms with Gasteiger partial charge in [-0.15, -0.1) is 0 Å². The number of nitrogens with one attached hydrogen (secondary N) is 1. The summed E-state index contributed by atoms with van der Waals surface area (Å²) in [7, 11) is 0. The van der Waals surface area contributed by atoms with Crippen LogP contribution in [0.4, 0.5) is 5.82 Å². The summed E-state index contributed by atoms with van der Waals surface area (Å²) in [6.07, 6.45) is 4.98. The van der Waals surface area contributed by atoms with Gasteiger partial charge in [0.15, 0.2) is 0 Å². The van der Waals surface area contributed by atoms with Gasteiger partial charge in [-0.1, -0.05) is 18.7 Å². The van der Waals surface area contributed by atoms with E-state index in [4.69, 9.17) is 11.6 Å². The highest BCUT2D eigenvalue weighted by Gasteiger charge is 2.10. The zero-order valence-corrected chi connectivity index (χ0v) is 17.6. The molecule has 0 aliphatic rings. The molecule has 1 aromatic carbocycles. The minimum Gasteiger partial charge on any atom is -0.384 e. The first kappa shape index (κ1) is 21.7. The number of nitrogen functional groups attached to an aromatic ring is 1. The lowest BCUT2D eigenvalue weighted by molar-refractivity contribution is -0.117. The monoisotopic (exact) mass is 418 g/mol. The predicted molar refractivity (Wildman–Crippen MR) is 121 cm³/mol. The second kappa shape index (κ2) is 9.68. The molecule has 9 nitrogen and oxygen atoms in total. The van der Waals surface area contributed by atoms with Gasteiger partial charge in [0.25, 0.3) is 5.91 Å². The van der Waals surface area contributed by atoms with Crippen LogP contribution in [0.5, 0.6) is 0 Å². The van der Waals surface area contributed by atoms with Gasteiger partial charge in [-0.2, -0.15) is 5.10 Å². The first-order valence-corrected chi connectivity index (χ1v) is 9.67. The summed E-state index contributed by atoms with van der Waals surface area (Å²) >= 11 is 0. The molecule has 0 bridgehead atoms. The van der Waals surface area contributed by atoms with Crippen LogP contribution in [0.2, 0.25) is 0 Å². The number of hydrogen-bond donors (Lipinski definition) is 3. The molecule has 0 saturated carbocycles. The molecule has 0 aliphatic carbocycles. The number of benzene rings is 1. The Morgan fingerprint density at radius 1 is 1.32 bits per heavy atom. The van der Waals surface area contributed by atoms with Crippen molar-refractivity contribution in [3.63, 3.8) is 0 Å². The average Bonchev–Trinajstić information content (AvgIpc) is 3.26. The Bertz CT molecular complexity index is 1060. The van der Waals surface area contributed by atoms with Gasteiger partial charge in [-0.3, -0.25) is 9.80 Å². The fourth-order valence-electron chi connectivity index (χ4n) is 3.06. The molecule has 0 saturated heterocycles. The zero-order chi connectivity index (χ0) is 22.4. The van der Waals surface area contributed by atoms with E-state index in [0.29, 0.717) is 18.9 Å². The van der Waals surface area contributed by atoms with E-state index in [-0.39, 0.29) is 11.6 Å². The Morgan fingerprint density at radius 2 is 2.06 bits per heavy atom. The van der Waals surface area contributed by atoms with Crippen molar-refractivity contribution in [2.45, 2.75) is 26.9 Å². The largest absolute Gasteiger partial charge is 0.384 e. The van der Waals surface area contributed by atoms with Crippen molar-refractivity contribution < 1.29 is 4.79 Å². The topological polar surface area (TPSA) is 127 Å². The van der Waals surface area contributed by atoms with Crippen LogP contribution in [0.3, 0.4) is 0 Å². The first-order chi connectivity index (χ1) is 14.8. The summed E-state index contributed by atoms with van der Waals surface area (Å²) < 4.78 is 1.78. The van der Waals surface area contributed by atoms with Gasteiger partial charge in [-0.25, -0.2) is 20.5 Å². The lowest BCUT2D eigenvalue weighted by Crippen LogP contribution is -2.30. The molecule has 0 unspecified atom stereocenters. The third-order valence-corrected chi connectivity index (χ3v) is 4.69. The second-order valence-corrected chi connectivity index (χ2v) is 7.09. The van der Waals surface area contributed by atoms with Crippen molar-refractivity contribution in [3.05, 3.63) is 83.5 Å². The molecule has 160 valence electrons. The fraction of sp³-hybridized carbons (Fsp3) is 0.182. The number of aromatic nitrogens is 3. The number of carbonyl (C=O) groups is 1. The van der Waals surface area contributed by atoms with Crippen molar-refractivity contribution in [1.29, 1.82) is 0 Å². The number of aliphatic imine (C=N–C) groups is 1. The lowest BCUT2D eigenvalue weighted by Gasteiger charge is -2.14. The Morgan fingerprint density at radius 3 is 2.71 bits per heavy atom. The third-order valence-electron chi connectivity index (χ3n) is 4.69. The summed E-state index contributed by atoms with van der Waals surface area (Å²) in [5.41, 5.74) is 10.4. The molecule has 0 aliphatic heterocycles. The first-order valence-electron chi connectivity index (χ1n) is 9.67. The Balaban J connectivity index is 1.51. The van der Waals surface area contributed by atoms with Crippen LogP contribution in [-0.2, 0) is 17.9 Å². The average molecular weight is 419 g/mol. The Kier molecular flexibility index (Phi) is 6.78. The van der Waals surface area contributed by atoms with E-state index in [1.807, 2.05) is 50.4 Å². The van der Waals surface area contributed by atoms with Crippen LogP contribution in [0.1, 0.15) is 22.4 Å². The summed E-state index contributed by atoms with van der Waals surface area (Å²) in [4.78, 5) is 20.6. The Labute approximate surface area is 181 Å². The van der Waals surface area contributed by atoms with E-state index in [0.717, 1.165) is 28.1 Å². The van der Waals surface area contributed by atoms with Crippen molar-refractivity contribution in [2.75, 3.05) is 5.73 Å². The highest BCUT2D eigenvalue weighted by molar-refractivity contribution is 5.93. The van der Waals surface area contributed by atoms with Gasteiger partial charge in [0.05, 0.1) is 12.2 Å². The number of rotatable bonds is 8. The van der Waals surface area contributed by atoms with E-state index in [9.17, 15) is 4.79 Å². The van der Waals surface area contributed by atoms with Crippen molar-refractivity contribution in [3.8, 4) is 5.69 Å².